The Hall–Kier alpha value is -2.26. The van der Waals surface area contributed by atoms with Gasteiger partial charge >= 0.3 is 6.09 Å². The fraction of sp³-hybridized carbons (Fsp3) is 0.250. The number of hydrogen-bond donors (Lipinski definition) is 0. The number of azide groups is 1. The van der Waals surface area contributed by atoms with Gasteiger partial charge in [-0.2, -0.15) is 0 Å². The normalized spacial score (nSPS) is 11.1. The average Bonchev–Trinajstić information content (AvgIpc) is 2.36. The Balaban J connectivity index is 2.45. The van der Waals surface area contributed by atoms with Crippen LogP contribution in [0.3, 0.4) is 0 Å². The highest BCUT2D eigenvalue weighted by Gasteiger charge is 2.09. The van der Waals surface area contributed by atoms with Gasteiger partial charge in [-0.05, 0) is 23.9 Å². The molecule has 0 aromatic heterocycles. The SMILES string of the molecule is C=C[C@H](CCc1ccccc1)OC(=O)N=[N+]=[N-]. The van der Waals surface area contributed by atoms with Crippen LogP contribution in [-0.2, 0) is 11.2 Å². The first kappa shape index (κ1) is 12.8. The number of benzene rings is 1. The van der Waals surface area contributed by atoms with Crippen LogP contribution in [0.2, 0.25) is 0 Å². The second-order valence-electron chi connectivity index (χ2n) is 3.37. The zero-order valence-corrected chi connectivity index (χ0v) is 9.32. The van der Waals surface area contributed by atoms with E-state index < -0.39 is 12.2 Å². The van der Waals surface area contributed by atoms with Gasteiger partial charge in [0.25, 0.3) is 0 Å². The molecule has 17 heavy (non-hydrogen) atoms. The Kier molecular flexibility index (Phi) is 5.34. The van der Waals surface area contributed by atoms with Gasteiger partial charge in [-0.15, -0.1) is 0 Å². The van der Waals surface area contributed by atoms with Crippen molar-refractivity contribution in [3.8, 4) is 0 Å². The summed E-state index contributed by atoms with van der Waals surface area (Å²) in [6, 6.07) is 9.83. The van der Waals surface area contributed by atoms with E-state index in [9.17, 15) is 4.79 Å². The molecule has 0 aliphatic heterocycles. The first-order chi connectivity index (χ1) is 8.26. The zero-order chi connectivity index (χ0) is 12.5. The lowest BCUT2D eigenvalue weighted by Crippen LogP contribution is -2.13. The molecule has 0 bridgehead atoms. The molecule has 0 aliphatic carbocycles. The fourth-order valence-electron chi connectivity index (χ4n) is 1.37. The third kappa shape index (κ3) is 4.86. The van der Waals surface area contributed by atoms with E-state index in [-0.39, 0.29) is 0 Å². The number of aryl methyl sites for hydroxylation is 1. The molecule has 0 aliphatic rings. The van der Waals surface area contributed by atoms with Crippen LogP contribution in [0, 0.1) is 0 Å². The summed E-state index contributed by atoms with van der Waals surface area (Å²) in [5.41, 5.74) is 9.21. The Morgan fingerprint density at radius 2 is 2.24 bits per heavy atom. The predicted molar refractivity (Wildman–Crippen MR) is 64.4 cm³/mol. The summed E-state index contributed by atoms with van der Waals surface area (Å²) in [7, 11) is 0. The van der Waals surface area contributed by atoms with Gasteiger partial charge in [0.05, 0.1) is 0 Å². The quantitative estimate of drug-likeness (QED) is 0.336. The lowest BCUT2D eigenvalue weighted by atomic mass is 10.1. The minimum absolute atomic E-state index is 0.437. The summed E-state index contributed by atoms with van der Waals surface area (Å²) in [4.78, 5) is 13.3. The molecule has 0 spiro atoms. The lowest BCUT2D eigenvalue weighted by Gasteiger charge is -2.11. The van der Waals surface area contributed by atoms with Crippen LogP contribution >= 0.6 is 0 Å². The Labute approximate surface area is 99.3 Å². The van der Waals surface area contributed by atoms with E-state index >= 15 is 0 Å². The average molecular weight is 231 g/mol. The molecule has 0 heterocycles. The molecular formula is C12H13N3O2. The van der Waals surface area contributed by atoms with Crippen molar-refractivity contribution >= 4 is 6.09 Å². The van der Waals surface area contributed by atoms with E-state index in [1.54, 1.807) is 0 Å². The van der Waals surface area contributed by atoms with Crippen LogP contribution in [0.5, 0.6) is 0 Å². The largest absolute Gasteiger partial charge is 0.453 e. The maximum atomic E-state index is 10.9. The van der Waals surface area contributed by atoms with Crippen molar-refractivity contribution < 1.29 is 9.53 Å². The monoisotopic (exact) mass is 231 g/mol. The Bertz CT molecular complexity index is 425. The van der Waals surface area contributed by atoms with Crippen LogP contribution in [-0.4, -0.2) is 12.2 Å². The molecule has 1 aromatic carbocycles. The lowest BCUT2D eigenvalue weighted by molar-refractivity contribution is 0.125. The molecule has 0 saturated carbocycles. The first-order valence-electron chi connectivity index (χ1n) is 5.18. The highest BCUT2D eigenvalue weighted by molar-refractivity contribution is 5.68. The number of amides is 1. The van der Waals surface area contributed by atoms with Crippen molar-refractivity contribution in [3.63, 3.8) is 0 Å². The molecule has 5 heteroatoms. The highest BCUT2D eigenvalue weighted by atomic mass is 16.6. The van der Waals surface area contributed by atoms with Crippen LogP contribution in [0.4, 0.5) is 4.79 Å². The molecule has 0 fully saturated rings. The van der Waals surface area contributed by atoms with E-state index in [2.05, 4.69) is 16.6 Å². The number of hydrogen-bond acceptors (Lipinski definition) is 2. The summed E-state index contributed by atoms with van der Waals surface area (Å²) < 4.78 is 4.88. The molecule has 1 amide bonds. The van der Waals surface area contributed by atoms with Gasteiger partial charge in [0.1, 0.15) is 6.10 Å². The minimum atomic E-state index is -0.925. The van der Waals surface area contributed by atoms with E-state index in [1.165, 1.54) is 6.08 Å². The molecule has 1 rings (SSSR count). The molecule has 1 aromatic rings. The van der Waals surface area contributed by atoms with E-state index in [0.717, 1.165) is 12.0 Å². The molecule has 88 valence electrons. The summed E-state index contributed by atoms with van der Waals surface area (Å²) in [5.74, 6) is 0. The third-order valence-electron chi connectivity index (χ3n) is 2.20. The standard InChI is InChI=1S/C12H13N3O2/c1-2-11(17-12(16)14-15-13)9-8-10-6-4-3-5-7-10/h2-7,11H,1,8-9H2/t11-/m1/s1. The smallest absolute Gasteiger partial charge is 0.397 e. The highest BCUT2D eigenvalue weighted by Crippen LogP contribution is 2.09. The second kappa shape index (κ2) is 7.09. The molecule has 0 saturated heterocycles. The number of ether oxygens (including phenoxy) is 1. The summed E-state index contributed by atoms with van der Waals surface area (Å²) in [6.07, 6.45) is 1.54. The van der Waals surface area contributed by atoms with Gasteiger partial charge in [-0.25, -0.2) is 4.79 Å². The van der Waals surface area contributed by atoms with Gasteiger partial charge in [0.2, 0.25) is 0 Å². The van der Waals surface area contributed by atoms with Crippen molar-refractivity contribution in [2.75, 3.05) is 0 Å². The van der Waals surface area contributed by atoms with Gasteiger partial charge in [0, 0.05) is 10.0 Å². The third-order valence-corrected chi connectivity index (χ3v) is 2.20. The van der Waals surface area contributed by atoms with E-state index in [4.69, 9.17) is 10.3 Å². The number of carbonyl (C=O) groups is 1. The van der Waals surface area contributed by atoms with Gasteiger partial charge < -0.3 is 4.74 Å². The van der Waals surface area contributed by atoms with Crippen LogP contribution in [0.15, 0.2) is 48.1 Å². The molecule has 0 radical (unpaired) electrons. The van der Waals surface area contributed by atoms with Crippen molar-refractivity contribution in [2.45, 2.75) is 18.9 Å². The summed E-state index contributed by atoms with van der Waals surface area (Å²) in [5, 5.41) is 2.84. The summed E-state index contributed by atoms with van der Waals surface area (Å²) >= 11 is 0. The van der Waals surface area contributed by atoms with Crippen LogP contribution < -0.4 is 0 Å². The molecule has 0 N–H and O–H groups in total. The summed E-state index contributed by atoms with van der Waals surface area (Å²) in [6.45, 7) is 3.57. The van der Waals surface area contributed by atoms with Crippen molar-refractivity contribution in [2.24, 2.45) is 5.11 Å². The zero-order valence-electron chi connectivity index (χ0n) is 9.32. The van der Waals surface area contributed by atoms with Gasteiger partial charge in [-0.3, -0.25) is 0 Å². The second-order valence-corrected chi connectivity index (χ2v) is 3.37. The Morgan fingerprint density at radius 1 is 1.53 bits per heavy atom. The minimum Gasteiger partial charge on any atom is -0.453 e. The maximum Gasteiger partial charge on any atom is 0.397 e. The van der Waals surface area contributed by atoms with Gasteiger partial charge in [-0.1, -0.05) is 43.0 Å². The molecule has 1 atom stereocenters. The maximum absolute atomic E-state index is 10.9. The number of nitrogens with zero attached hydrogens (tertiary/aromatic N) is 3. The fourth-order valence-corrected chi connectivity index (χ4v) is 1.37. The predicted octanol–water partition coefficient (Wildman–Crippen LogP) is 3.62. The van der Waals surface area contributed by atoms with Crippen LogP contribution in [0.25, 0.3) is 10.4 Å². The van der Waals surface area contributed by atoms with E-state index in [1.807, 2.05) is 30.3 Å². The van der Waals surface area contributed by atoms with Crippen molar-refractivity contribution in [1.29, 1.82) is 0 Å². The topological polar surface area (TPSA) is 75.1 Å². The van der Waals surface area contributed by atoms with Crippen molar-refractivity contribution in [3.05, 3.63) is 59.0 Å². The van der Waals surface area contributed by atoms with Gasteiger partial charge in [0.15, 0.2) is 0 Å². The van der Waals surface area contributed by atoms with Crippen LogP contribution in [0.1, 0.15) is 12.0 Å². The number of carbonyl (C=O) groups excluding carboxylic acids is 1. The molecular weight excluding hydrogens is 218 g/mol. The molecule has 5 nitrogen and oxygen atoms in total. The molecule has 0 unspecified atom stereocenters. The number of rotatable bonds is 5. The van der Waals surface area contributed by atoms with Crippen molar-refractivity contribution in [1.82, 2.24) is 0 Å². The first-order valence-corrected chi connectivity index (χ1v) is 5.18. The van der Waals surface area contributed by atoms with E-state index in [0.29, 0.717) is 6.42 Å². The Morgan fingerprint density at radius 3 is 2.82 bits per heavy atom.